The van der Waals surface area contributed by atoms with Crippen LogP contribution in [0.5, 0.6) is 0 Å². The molecule has 0 aromatic heterocycles. The van der Waals surface area contributed by atoms with E-state index in [0.717, 1.165) is 19.4 Å². The zero-order valence-corrected chi connectivity index (χ0v) is 11.4. The summed E-state index contributed by atoms with van der Waals surface area (Å²) in [5.74, 6) is 1.25. The minimum Gasteiger partial charge on any atom is -0.383 e. The van der Waals surface area contributed by atoms with Crippen molar-refractivity contribution in [1.82, 2.24) is 0 Å². The van der Waals surface area contributed by atoms with Gasteiger partial charge in [0.05, 0.1) is 11.5 Å². The van der Waals surface area contributed by atoms with Crippen LogP contribution in [0.15, 0.2) is 23.1 Å². The summed E-state index contributed by atoms with van der Waals surface area (Å²) in [5, 5.41) is 12.7. The molecule has 0 unspecified atom stereocenters. The highest BCUT2D eigenvalue weighted by Gasteiger charge is 2.36. The number of nitrogens with one attached hydrogen (secondary N) is 1. The molecule has 0 atom stereocenters. The summed E-state index contributed by atoms with van der Waals surface area (Å²) in [5.41, 5.74) is 2.55. The molecule has 2 nitrogen and oxygen atoms in total. The van der Waals surface area contributed by atoms with E-state index in [0.29, 0.717) is 0 Å². The van der Waals surface area contributed by atoms with Gasteiger partial charge in [-0.15, -0.1) is 11.8 Å². The lowest BCUT2D eigenvalue weighted by Crippen LogP contribution is -2.35. The monoisotopic (exact) mass is 258 g/mol. The Morgan fingerprint density at radius 3 is 2.94 bits per heavy atom. The van der Waals surface area contributed by atoms with E-state index in [1.54, 1.807) is 0 Å². The van der Waals surface area contributed by atoms with Crippen molar-refractivity contribution in [3.05, 3.63) is 23.8 Å². The van der Waals surface area contributed by atoms with Crippen LogP contribution in [-0.2, 0) is 6.42 Å². The Hall–Kier alpha value is -1.14. The van der Waals surface area contributed by atoms with Gasteiger partial charge < -0.3 is 5.32 Å². The van der Waals surface area contributed by atoms with Crippen LogP contribution in [0.1, 0.15) is 31.2 Å². The maximum atomic E-state index is 9.21. The number of benzene rings is 1. The summed E-state index contributed by atoms with van der Waals surface area (Å²) in [6.45, 7) is 0.801. The fourth-order valence-electron chi connectivity index (χ4n) is 2.67. The van der Waals surface area contributed by atoms with Crippen LogP contribution >= 0.6 is 11.8 Å². The van der Waals surface area contributed by atoms with Crippen LogP contribution < -0.4 is 5.32 Å². The lowest BCUT2D eigenvalue weighted by atomic mass is 9.70. The van der Waals surface area contributed by atoms with Gasteiger partial charge in [0, 0.05) is 17.1 Å². The normalized spacial score (nSPS) is 20.4. The minimum absolute atomic E-state index is 0.0926. The van der Waals surface area contributed by atoms with Crippen LogP contribution in [0.2, 0.25) is 0 Å². The average Bonchev–Trinajstić information content (AvgIpc) is 2.38. The lowest BCUT2D eigenvalue weighted by Gasteiger charge is -2.35. The molecule has 1 aromatic carbocycles. The predicted molar refractivity (Wildman–Crippen MR) is 75.9 cm³/mol. The van der Waals surface area contributed by atoms with Crippen molar-refractivity contribution < 1.29 is 0 Å². The molecule has 1 saturated carbocycles. The first-order chi connectivity index (χ1) is 8.81. The molecule has 0 saturated heterocycles. The Bertz CT molecular complexity index is 486. The first kappa shape index (κ1) is 11.9. The van der Waals surface area contributed by atoms with Gasteiger partial charge in [-0.2, -0.15) is 5.26 Å². The average molecular weight is 258 g/mol. The molecule has 3 heteroatoms. The van der Waals surface area contributed by atoms with E-state index in [9.17, 15) is 5.26 Å². The maximum absolute atomic E-state index is 9.21. The highest BCUT2D eigenvalue weighted by Crippen LogP contribution is 2.40. The third kappa shape index (κ3) is 2.22. The van der Waals surface area contributed by atoms with Crippen LogP contribution in [0, 0.1) is 16.7 Å². The van der Waals surface area contributed by atoms with E-state index in [4.69, 9.17) is 0 Å². The molecule has 1 N–H and O–H groups in total. The minimum atomic E-state index is -0.0926. The number of nitrogens with zero attached hydrogens (tertiary/aromatic N) is 1. The van der Waals surface area contributed by atoms with Gasteiger partial charge in [0.25, 0.3) is 0 Å². The molecule has 0 spiro atoms. The fraction of sp³-hybridized carbons (Fsp3) is 0.533. The zero-order valence-electron chi connectivity index (χ0n) is 10.5. The third-order valence-corrected chi connectivity index (χ3v) is 5.29. The lowest BCUT2D eigenvalue weighted by molar-refractivity contribution is 0.233. The molecule has 1 aliphatic carbocycles. The molecule has 18 heavy (non-hydrogen) atoms. The van der Waals surface area contributed by atoms with Crippen LogP contribution in [0.3, 0.4) is 0 Å². The first-order valence-electron chi connectivity index (χ1n) is 6.72. The van der Waals surface area contributed by atoms with E-state index in [1.807, 2.05) is 11.8 Å². The maximum Gasteiger partial charge on any atom is 0.0746 e. The third-order valence-electron chi connectivity index (χ3n) is 4.09. The second-order valence-electron chi connectivity index (χ2n) is 5.37. The summed E-state index contributed by atoms with van der Waals surface area (Å²) in [4.78, 5) is 1.44. The van der Waals surface area contributed by atoms with E-state index in [1.165, 1.54) is 41.2 Å². The molecule has 1 aromatic rings. The molecule has 94 valence electrons. The number of hydrogen-bond acceptors (Lipinski definition) is 3. The zero-order chi connectivity index (χ0) is 12.4. The number of anilines is 1. The molecule has 3 rings (SSSR count). The predicted octanol–water partition coefficient (Wildman–Crippen LogP) is 3.83. The number of hydrogen-bond donors (Lipinski definition) is 1. The Balaban J connectivity index is 1.68. The number of fused-ring (bicyclic) bond motifs is 1. The molecule has 0 bridgehead atoms. The van der Waals surface area contributed by atoms with E-state index >= 15 is 0 Å². The Labute approximate surface area is 113 Å². The van der Waals surface area contributed by atoms with Crippen LogP contribution in [0.4, 0.5) is 5.69 Å². The summed E-state index contributed by atoms with van der Waals surface area (Å²) < 4.78 is 0. The van der Waals surface area contributed by atoms with Gasteiger partial charge in [-0.3, -0.25) is 0 Å². The molecular weight excluding hydrogens is 240 g/mol. The van der Waals surface area contributed by atoms with Gasteiger partial charge in [-0.25, -0.2) is 0 Å². The fourth-order valence-corrected chi connectivity index (χ4v) is 3.69. The van der Waals surface area contributed by atoms with Gasteiger partial charge >= 0.3 is 0 Å². The van der Waals surface area contributed by atoms with Gasteiger partial charge in [0.1, 0.15) is 0 Å². The van der Waals surface area contributed by atoms with Gasteiger partial charge in [0.15, 0.2) is 0 Å². The summed E-state index contributed by atoms with van der Waals surface area (Å²) in [6, 6.07) is 9.13. The standard InChI is InChI=1S/C15H18N2S/c16-10-15(6-2-7-15)11-17-13-4-5-14-12(9-13)3-1-8-18-14/h4-5,9,17H,1-3,6-8,11H2. The van der Waals surface area contributed by atoms with Crippen molar-refractivity contribution in [3.8, 4) is 6.07 Å². The van der Waals surface area contributed by atoms with E-state index < -0.39 is 0 Å². The second-order valence-corrected chi connectivity index (χ2v) is 6.51. The SMILES string of the molecule is N#CC1(CNc2ccc3c(c2)CCCS3)CCC1. The quantitative estimate of drug-likeness (QED) is 0.895. The highest BCUT2D eigenvalue weighted by atomic mass is 32.2. The second kappa shape index (κ2) is 4.85. The van der Waals surface area contributed by atoms with Crippen LogP contribution in [0.25, 0.3) is 0 Å². The number of rotatable bonds is 3. The summed E-state index contributed by atoms with van der Waals surface area (Å²) >= 11 is 1.96. The molecule has 1 aliphatic heterocycles. The van der Waals surface area contributed by atoms with Crippen LogP contribution in [-0.4, -0.2) is 12.3 Å². The molecule has 1 fully saturated rings. The molecule has 0 radical (unpaired) electrons. The molecule has 1 heterocycles. The van der Waals surface area contributed by atoms with Crippen molar-refractivity contribution in [1.29, 1.82) is 5.26 Å². The summed E-state index contributed by atoms with van der Waals surface area (Å²) in [7, 11) is 0. The Morgan fingerprint density at radius 1 is 1.33 bits per heavy atom. The van der Waals surface area contributed by atoms with Gasteiger partial charge in [0.2, 0.25) is 0 Å². The number of thioether (sulfide) groups is 1. The van der Waals surface area contributed by atoms with Crippen molar-refractivity contribution in [2.24, 2.45) is 5.41 Å². The van der Waals surface area contributed by atoms with E-state index in [-0.39, 0.29) is 5.41 Å². The molecule has 2 aliphatic rings. The van der Waals surface area contributed by atoms with Gasteiger partial charge in [-0.05, 0) is 55.2 Å². The molecular formula is C15H18N2S. The van der Waals surface area contributed by atoms with Gasteiger partial charge in [-0.1, -0.05) is 6.42 Å². The number of nitriles is 1. The highest BCUT2D eigenvalue weighted by molar-refractivity contribution is 7.99. The van der Waals surface area contributed by atoms with Crippen molar-refractivity contribution in [2.45, 2.75) is 37.0 Å². The molecule has 0 amide bonds. The smallest absolute Gasteiger partial charge is 0.0746 e. The van der Waals surface area contributed by atoms with Crippen molar-refractivity contribution >= 4 is 17.4 Å². The Morgan fingerprint density at radius 2 is 2.22 bits per heavy atom. The topological polar surface area (TPSA) is 35.8 Å². The number of aryl methyl sites for hydroxylation is 1. The van der Waals surface area contributed by atoms with E-state index in [2.05, 4.69) is 29.6 Å². The summed E-state index contributed by atoms with van der Waals surface area (Å²) in [6.07, 6.45) is 5.79. The van der Waals surface area contributed by atoms with Crippen molar-refractivity contribution in [3.63, 3.8) is 0 Å². The van der Waals surface area contributed by atoms with Crippen molar-refractivity contribution in [2.75, 3.05) is 17.6 Å². The first-order valence-corrected chi connectivity index (χ1v) is 7.71. The largest absolute Gasteiger partial charge is 0.383 e. The Kier molecular flexibility index (Phi) is 3.22.